The van der Waals surface area contributed by atoms with Crippen LogP contribution in [0.2, 0.25) is 0 Å². The fourth-order valence-corrected chi connectivity index (χ4v) is 1.18. The second-order valence-corrected chi connectivity index (χ2v) is 3.77. The lowest BCUT2D eigenvalue weighted by molar-refractivity contribution is 0.384. The van der Waals surface area contributed by atoms with Gasteiger partial charge in [-0.25, -0.2) is 0 Å². The highest BCUT2D eigenvalue weighted by molar-refractivity contribution is 5.13. The van der Waals surface area contributed by atoms with E-state index in [-0.39, 0.29) is 6.04 Å². The van der Waals surface area contributed by atoms with E-state index in [4.69, 9.17) is 5.73 Å². The van der Waals surface area contributed by atoms with E-state index >= 15 is 0 Å². The summed E-state index contributed by atoms with van der Waals surface area (Å²) in [5.74, 6) is 0. The van der Waals surface area contributed by atoms with Crippen molar-refractivity contribution in [2.45, 2.75) is 19.5 Å². The molecule has 0 fully saturated rings. The van der Waals surface area contributed by atoms with Gasteiger partial charge in [0.05, 0.1) is 0 Å². The van der Waals surface area contributed by atoms with Gasteiger partial charge < -0.3 is 15.2 Å². The number of rotatable bonds is 4. The Morgan fingerprint density at radius 1 is 1.54 bits per heavy atom. The molecule has 3 nitrogen and oxygen atoms in total. The summed E-state index contributed by atoms with van der Waals surface area (Å²) in [5, 5.41) is 0. The van der Waals surface area contributed by atoms with Gasteiger partial charge in [0.2, 0.25) is 0 Å². The summed E-state index contributed by atoms with van der Waals surface area (Å²) >= 11 is 0. The maximum Gasteiger partial charge on any atom is 0.0347 e. The number of hydrogen-bond donors (Lipinski definition) is 1. The summed E-state index contributed by atoms with van der Waals surface area (Å²) in [4.78, 5) is 2.17. The Labute approximate surface area is 80.1 Å². The first-order chi connectivity index (χ1) is 6.09. The lowest BCUT2D eigenvalue weighted by Crippen LogP contribution is -2.17. The first-order valence-electron chi connectivity index (χ1n) is 4.65. The van der Waals surface area contributed by atoms with Crippen molar-refractivity contribution in [1.29, 1.82) is 0 Å². The molecule has 13 heavy (non-hydrogen) atoms. The van der Waals surface area contributed by atoms with Crippen molar-refractivity contribution in [2.75, 3.05) is 20.6 Å². The number of nitrogens with two attached hydrogens (primary N) is 1. The van der Waals surface area contributed by atoms with Crippen LogP contribution in [0.25, 0.3) is 0 Å². The standard InChI is InChI=1S/C10H19N3/c1-9(11)10-4-5-13(8-10)7-6-12(2)3/h4-5,8-9H,6-7,11H2,1-3H3. The maximum absolute atomic E-state index is 5.76. The van der Waals surface area contributed by atoms with E-state index in [9.17, 15) is 0 Å². The average Bonchev–Trinajstić information content (AvgIpc) is 2.48. The summed E-state index contributed by atoms with van der Waals surface area (Å²) in [7, 11) is 4.16. The third kappa shape index (κ3) is 3.20. The van der Waals surface area contributed by atoms with Crippen molar-refractivity contribution in [1.82, 2.24) is 9.47 Å². The van der Waals surface area contributed by atoms with Gasteiger partial charge in [0, 0.05) is 31.5 Å². The van der Waals surface area contributed by atoms with Gasteiger partial charge in [0.25, 0.3) is 0 Å². The molecule has 0 aliphatic rings. The van der Waals surface area contributed by atoms with Crippen LogP contribution in [0.1, 0.15) is 18.5 Å². The first-order valence-corrected chi connectivity index (χ1v) is 4.65. The molecule has 0 aliphatic heterocycles. The molecule has 1 heterocycles. The predicted molar refractivity (Wildman–Crippen MR) is 55.6 cm³/mol. The Morgan fingerprint density at radius 2 is 2.23 bits per heavy atom. The fraction of sp³-hybridized carbons (Fsp3) is 0.600. The van der Waals surface area contributed by atoms with Crippen molar-refractivity contribution < 1.29 is 0 Å². The first kappa shape index (κ1) is 10.3. The van der Waals surface area contributed by atoms with E-state index in [1.807, 2.05) is 6.92 Å². The van der Waals surface area contributed by atoms with Crippen LogP contribution in [0.4, 0.5) is 0 Å². The highest BCUT2D eigenvalue weighted by atomic mass is 15.1. The van der Waals surface area contributed by atoms with E-state index in [1.165, 1.54) is 5.56 Å². The van der Waals surface area contributed by atoms with Gasteiger partial charge in [-0.05, 0) is 32.6 Å². The van der Waals surface area contributed by atoms with E-state index in [1.54, 1.807) is 0 Å². The Hall–Kier alpha value is -0.800. The van der Waals surface area contributed by atoms with Crippen LogP contribution in [0.5, 0.6) is 0 Å². The topological polar surface area (TPSA) is 34.2 Å². The number of nitrogens with zero attached hydrogens (tertiary/aromatic N) is 2. The molecule has 3 heteroatoms. The summed E-state index contributed by atoms with van der Waals surface area (Å²) in [6.07, 6.45) is 4.20. The van der Waals surface area contributed by atoms with E-state index in [0.29, 0.717) is 0 Å². The molecule has 1 atom stereocenters. The zero-order valence-corrected chi connectivity index (χ0v) is 8.70. The second kappa shape index (κ2) is 4.44. The quantitative estimate of drug-likeness (QED) is 0.754. The Balaban J connectivity index is 2.49. The van der Waals surface area contributed by atoms with Crippen LogP contribution in [0, 0.1) is 0 Å². The van der Waals surface area contributed by atoms with Gasteiger partial charge in [-0.1, -0.05) is 0 Å². The predicted octanol–water partition coefficient (Wildman–Crippen LogP) is 1.07. The molecule has 1 rings (SSSR count). The van der Waals surface area contributed by atoms with Gasteiger partial charge in [-0.15, -0.1) is 0 Å². The molecule has 0 aromatic carbocycles. The Bertz CT molecular complexity index is 250. The van der Waals surface area contributed by atoms with Crippen LogP contribution in [-0.2, 0) is 6.54 Å². The van der Waals surface area contributed by atoms with Crippen LogP contribution >= 0.6 is 0 Å². The van der Waals surface area contributed by atoms with Crippen LogP contribution in [-0.4, -0.2) is 30.1 Å². The van der Waals surface area contributed by atoms with E-state index in [2.05, 4.69) is 42.0 Å². The van der Waals surface area contributed by atoms with Gasteiger partial charge in [-0.3, -0.25) is 0 Å². The summed E-state index contributed by atoms with van der Waals surface area (Å²) in [6.45, 7) is 4.10. The van der Waals surface area contributed by atoms with Gasteiger partial charge in [-0.2, -0.15) is 0 Å². The SMILES string of the molecule is CC(N)c1ccn(CCN(C)C)c1. The minimum absolute atomic E-state index is 0.139. The number of hydrogen-bond acceptors (Lipinski definition) is 2. The largest absolute Gasteiger partial charge is 0.353 e. The highest BCUT2D eigenvalue weighted by Gasteiger charge is 2.01. The minimum atomic E-state index is 0.139. The van der Waals surface area contributed by atoms with Gasteiger partial charge in [0.15, 0.2) is 0 Å². The Kier molecular flexibility index (Phi) is 3.51. The van der Waals surface area contributed by atoms with Crippen molar-refractivity contribution in [3.8, 4) is 0 Å². The lowest BCUT2D eigenvalue weighted by Gasteiger charge is -2.09. The maximum atomic E-state index is 5.76. The van der Waals surface area contributed by atoms with E-state index in [0.717, 1.165) is 13.1 Å². The minimum Gasteiger partial charge on any atom is -0.353 e. The molecule has 0 spiro atoms. The smallest absolute Gasteiger partial charge is 0.0347 e. The molecule has 0 radical (unpaired) electrons. The van der Waals surface area contributed by atoms with Crippen molar-refractivity contribution in [2.24, 2.45) is 5.73 Å². The number of likely N-dealkylation sites (N-methyl/N-ethyl adjacent to an activating group) is 1. The summed E-state index contributed by atoms with van der Waals surface area (Å²) < 4.78 is 2.18. The summed E-state index contributed by atoms with van der Waals surface area (Å²) in [6, 6.07) is 2.22. The van der Waals surface area contributed by atoms with Gasteiger partial charge in [0.1, 0.15) is 0 Å². The molecule has 2 N–H and O–H groups in total. The molecule has 0 saturated carbocycles. The zero-order valence-electron chi connectivity index (χ0n) is 8.70. The van der Waals surface area contributed by atoms with Crippen LogP contribution in [0.3, 0.4) is 0 Å². The normalized spacial score (nSPS) is 13.6. The molecule has 0 amide bonds. The second-order valence-electron chi connectivity index (χ2n) is 3.77. The molecule has 74 valence electrons. The average molecular weight is 181 g/mol. The van der Waals surface area contributed by atoms with Crippen LogP contribution in [0.15, 0.2) is 18.5 Å². The fourth-order valence-electron chi connectivity index (χ4n) is 1.18. The molecule has 0 bridgehead atoms. The van der Waals surface area contributed by atoms with Crippen LogP contribution < -0.4 is 5.73 Å². The lowest BCUT2D eigenvalue weighted by atomic mass is 10.2. The Morgan fingerprint density at radius 3 is 2.69 bits per heavy atom. The molecule has 0 saturated heterocycles. The van der Waals surface area contributed by atoms with Gasteiger partial charge >= 0.3 is 0 Å². The van der Waals surface area contributed by atoms with Crippen molar-refractivity contribution >= 4 is 0 Å². The molecule has 1 aromatic heterocycles. The third-order valence-corrected chi connectivity index (χ3v) is 2.10. The molecule has 1 unspecified atom stereocenters. The third-order valence-electron chi connectivity index (χ3n) is 2.10. The zero-order chi connectivity index (χ0) is 9.84. The number of aromatic nitrogens is 1. The van der Waals surface area contributed by atoms with E-state index < -0.39 is 0 Å². The van der Waals surface area contributed by atoms with Crippen molar-refractivity contribution in [3.05, 3.63) is 24.0 Å². The molecular weight excluding hydrogens is 162 g/mol. The summed E-state index contributed by atoms with van der Waals surface area (Å²) in [5.41, 5.74) is 6.97. The molecule has 1 aromatic rings. The monoisotopic (exact) mass is 181 g/mol. The molecular formula is C10H19N3. The molecule has 0 aliphatic carbocycles. The van der Waals surface area contributed by atoms with Crippen molar-refractivity contribution in [3.63, 3.8) is 0 Å². The highest BCUT2D eigenvalue weighted by Crippen LogP contribution is 2.09.